The van der Waals surface area contributed by atoms with E-state index in [4.69, 9.17) is 0 Å². The predicted molar refractivity (Wildman–Crippen MR) is 59.3 cm³/mol. The Bertz CT molecular complexity index is 437. The Hall–Kier alpha value is -2.16. The van der Waals surface area contributed by atoms with E-state index in [-0.39, 0.29) is 0 Å². The van der Waals surface area contributed by atoms with Gasteiger partial charge in [-0.25, -0.2) is 4.98 Å². The van der Waals surface area contributed by atoms with Crippen molar-refractivity contribution in [1.82, 2.24) is 4.98 Å². The molecule has 15 heavy (non-hydrogen) atoms. The topological polar surface area (TPSA) is 42.0 Å². The summed E-state index contributed by atoms with van der Waals surface area (Å²) in [7, 11) is 0. The first-order valence-electron chi connectivity index (χ1n) is 4.62. The van der Waals surface area contributed by atoms with Gasteiger partial charge in [-0.15, -0.1) is 0 Å². The molecule has 1 N–H and O–H groups in total. The summed E-state index contributed by atoms with van der Waals surface area (Å²) in [6.07, 6.45) is 2.32. The van der Waals surface area contributed by atoms with Gasteiger partial charge in [0.05, 0.1) is 0 Å². The van der Waals surface area contributed by atoms with Crippen LogP contribution in [0.3, 0.4) is 0 Å². The van der Waals surface area contributed by atoms with Crippen molar-refractivity contribution in [3.63, 3.8) is 0 Å². The van der Waals surface area contributed by atoms with Crippen LogP contribution < -0.4 is 5.32 Å². The molecule has 0 fully saturated rings. The van der Waals surface area contributed by atoms with Crippen LogP contribution in [0.4, 0.5) is 11.5 Å². The molecule has 0 unspecified atom stereocenters. The molecule has 1 heterocycles. The highest BCUT2D eigenvalue weighted by molar-refractivity contribution is 5.74. The lowest BCUT2D eigenvalue weighted by Crippen LogP contribution is -1.93. The largest absolute Gasteiger partial charge is 0.340 e. The Labute approximate surface area is 87.8 Å². The van der Waals surface area contributed by atoms with Gasteiger partial charge in [0.1, 0.15) is 5.82 Å². The third-order valence-corrected chi connectivity index (χ3v) is 1.97. The molecule has 0 amide bonds. The van der Waals surface area contributed by atoms with E-state index in [1.165, 1.54) is 6.20 Å². The fraction of sp³-hybridized carbons (Fsp3) is 0. The fourth-order valence-electron chi connectivity index (χ4n) is 1.22. The first-order valence-corrected chi connectivity index (χ1v) is 4.62. The highest BCUT2D eigenvalue weighted by Gasteiger charge is 1.95. The number of aromatic nitrogens is 1. The van der Waals surface area contributed by atoms with Gasteiger partial charge < -0.3 is 5.32 Å². The summed E-state index contributed by atoms with van der Waals surface area (Å²) in [6, 6.07) is 13.3. The van der Waals surface area contributed by atoms with E-state index in [9.17, 15) is 4.79 Å². The van der Waals surface area contributed by atoms with Crippen LogP contribution in [0.15, 0.2) is 48.7 Å². The van der Waals surface area contributed by atoms with Gasteiger partial charge in [-0.2, -0.15) is 0 Å². The number of carbonyl (C=O) groups excluding carboxylic acids is 1. The number of pyridine rings is 1. The molecule has 3 nitrogen and oxygen atoms in total. The van der Waals surface area contributed by atoms with Crippen LogP contribution in [0.25, 0.3) is 0 Å². The molecule has 0 aliphatic heterocycles. The molecule has 0 aliphatic rings. The van der Waals surface area contributed by atoms with Gasteiger partial charge in [0, 0.05) is 17.4 Å². The van der Waals surface area contributed by atoms with E-state index in [1.54, 1.807) is 12.1 Å². The fourth-order valence-corrected chi connectivity index (χ4v) is 1.22. The zero-order chi connectivity index (χ0) is 10.5. The molecule has 0 bridgehead atoms. The lowest BCUT2D eigenvalue weighted by Gasteiger charge is -2.04. The molecular formula is C12H10N2O. The van der Waals surface area contributed by atoms with Crippen molar-refractivity contribution in [1.29, 1.82) is 0 Å². The molecular weight excluding hydrogens is 188 g/mol. The number of rotatable bonds is 3. The minimum absolute atomic E-state index is 0.577. The molecule has 1 aromatic heterocycles. The monoisotopic (exact) mass is 198 g/mol. The maximum atomic E-state index is 10.4. The molecule has 3 heteroatoms. The van der Waals surface area contributed by atoms with Crippen molar-refractivity contribution in [2.45, 2.75) is 0 Å². The van der Waals surface area contributed by atoms with Crippen molar-refractivity contribution in [3.8, 4) is 0 Å². The molecule has 0 saturated heterocycles. The second-order valence-corrected chi connectivity index (χ2v) is 3.09. The standard InChI is InChI=1S/C12H10N2O/c15-9-10-6-7-12(13-8-10)14-11-4-2-1-3-5-11/h1-9H,(H,13,14). The number of nitrogens with one attached hydrogen (secondary N) is 1. The van der Waals surface area contributed by atoms with E-state index in [1.807, 2.05) is 30.3 Å². The molecule has 0 spiro atoms. The third kappa shape index (κ3) is 2.40. The molecule has 0 atom stereocenters. The first kappa shape index (κ1) is 9.40. The third-order valence-electron chi connectivity index (χ3n) is 1.97. The van der Waals surface area contributed by atoms with Crippen LogP contribution in [-0.4, -0.2) is 11.3 Å². The maximum Gasteiger partial charge on any atom is 0.151 e. The number of hydrogen-bond donors (Lipinski definition) is 1. The summed E-state index contributed by atoms with van der Waals surface area (Å²) in [6.45, 7) is 0. The van der Waals surface area contributed by atoms with E-state index in [2.05, 4.69) is 10.3 Å². The summed E-state index contributed by atoms with van der Waals surface area (Å²) in [5, 5.41) is 3.13. The van der Waals surface area contributed by atoms with Gasteiger partial charge in [0.2, 0.25) is 0 Å². The van der Waals surface area contributed by atoms with Crippen molar-refractivity contribution >= 4 is 17.8 Å². The number of anilines is 2. The zero-order valence-electron chi connectivity index (χ0n) is 8.05. The van der Waals surface area contributed by atoms with Gasteiger partial charge in [-0.1, -0.05) is 18.2 Å². The molecule has 0 saturated carbocycles. The Morgan fingerprint density at radius 1 is 1.07 bits per heavy atom. The van der Waals surface area contributed by atoms with Crippen LogP contribution >= 0.6 is 0 Å². The maximum absolute atomic E-state index is 10.4. The van der Waals surface area contributed by atoms with Gasteiger partial charge in [-0.05, 0) is 24.3 Å². The molecule has 0 aliphatic carbocycles. The predicted octanol–water partition coefficient (Wildman–Crippen LogP) is 2.64. The number of nitrogens with zero attached hydrogens (tertiary/aromatic N) is 1. The van der Waals surface area contributed by atoms with Crippen molar-refractivity contribution in [3.05, 3.63) is 54.2 Å². The average Bonchev–Trinajstić information content (AvgIpc) is 2.31. The van der Waals surface area contributed by atoms with Crippen LogP contribution in [0.2, 0.25) is 0 Å². The van der Waals surface area contributed by atoms with Gasteiger partial charge in [-0.3, -0.25) is 4.79 Å². The van der Waals surface area contributed by atoms with E-state index in [0.29, 0.717) is 5.56 Å². The SMILES string of the molecule is O=Cc1ccc(Nc2ccccc2)nc1. The second kappa shape index (κ2) is 4.37. The van der Waals surface area contributed by atoms with Crippen LogP contribution in [0.5, 0.6) is 0 Å². The molecule has 2 rings (SSSR count). The number of aldehydes is 1. The average molecular weight is 198 g/mol. The molecule has 0 radical (unpaired) electrons. The van der Waals surface area contributed by atoms with Crippen LogP contribution in [0.1, 0.15) is 10.4 Å². The molecule has 1 aromatic carbocycles. The number of benzene rings is 1. The Morgan fingerprint density at radius 2 is 1.87 bits per heavy atom. The Kier molecular flexibility index (Phi) is 2.74. The van der Waals surface area contributed by atoms with Crippen LogP contribution in [0, 0.1) is 0 Å². The number of para-hydroxylation sites is 1. The van der Waals surface area contributed by atoms with Gasteiger partial charge in [0.15, 0.2) is 6.29 Å². The number of hydrogen-bond acceptors (Lipinski definition) is 3. The number of carbonyl (C=O) groups is 1. The molecule has 74 valence electrons. The quantitative estimate of drug-likeness (QED) is 0.771. The van der Waals surface area contributed by atoms with E-state index < -0.39 is 0 Å². The second-order valence-electron chi connectivity index (χ2n) is 3.09. The zero-order valence-corrected chi connectivity index (χ0v) is 8.05. The molecule has 2 aromatic rings. The highest BCUT2D eigenvalue weighted by Crippen LogP contribution is 2.13. The minimum Gasteiger partial charge on any atom is -0.340 e. The van der Waals surface area contributed by atoms with E-state index in [0.717, 1.165) is 17.8 Å². The van der Waals surface area contributed by atoms with Crippen molar-refractivity contribution in [2.75, 3.05) is 5.32 Å². The lowest BCUT2D eigenvalue weighted by atomic mass is 10.3. The summed E-state index contributed by atoms with van der Waals surface area (Å²) in [5.74, 6) is 0.729. The summed E-state index contributed by atoms with van der Waals surface area (Å²) < 4.78 is 0. The Morgan fingerprint density at radius 3 is 2.47 bits per heavy atom. The van der Waals surface area contributed by atoms with Crippen LogP contribution in [-0.2, 0) is 0 Å². The first-order chi connectivity index (χ1) is 7.38. The Balaban J connectivity index is 2.15. The van der Waals surface area contributed by atoms with E-state index >= 15 is 0 Å². The highest BCUT2D eigenvalue weighted by atomic mass is 16.1. The van der Waals surface area contributed by atoms with Crippen molar-refractivity contribution in [2.24, 2.45) is 0 Å². The van der Waals surface area contributed by atoms with Gasteiger partial charge >= 0.3 is 0 Å². The minimum atomic E-state index is 0.577. The normalized spacial score (nSPS) is 9.60. The summed E-state index contributed by atoms with van der Waals surface area (Å²) in [5.41, 5.74) is 1.55. The van der Waals surface area contributed by atoms with Crippen molar-refractivity contribution < 1.29 is 4.79 Å². The van der Waals surface area contributed by atoms with Gasteiger partial charge in [0.25, 0.3) is 0 Å². The summed E-state index contributed by atoms with van der Waals surface area (Å²) in [4.78, 5) is 14.5. The lowest BCUT2D eigenvalue weighted by molar-refractivity contribution is 0.112. The summed E-state index contributed by atoms with van der Waals surface area (Å²) >= 11 is 0. The smallest absolute Gasteiger partial charge is 0.151 e.